The Bertz CT molecular complexity index is 374. The molecule has 0 spiro atoms. The third-order valence-electron chi connectivity index (χ3n) is 4.42. The molecule has 1 N–H and O–H groups in total. The highest BCUT2D eigenvalue weighted by Crippen LogP contribution is 2.36. The fourth-order valence-electron chi connectivity index (χ4n) is 3.38. The monoisotopic (exact) mass is 235 g/mol. The summed E-state index contributed by atoms with van der Waals surface area (Å²) in [5, 5.41) is 11.6. The number of piperidine rings is 1. The smallest absolute Gasteiger partial charge is 0.146 e. The Morgan fingerprint density at radius 1 is 1.35 bits per heavy atom. The zero-order valence-electron chi connectivity index (χ0n) is 10.6. The minimum atomic E-state index is 0.711. The fourth-order valence-corrected chi connectivity index (χ4v) is 3.38. The van der Waals surface area contributed by atoms with Crippen LogP contribution in [0.15, 0.2) is 6.33 Å². The van der Waals surface area contributed by atoms with Crippen molar-refractivity contribution in [1.82, 2.24) is 25.0 Å². The van der Waals surface area contributed by atoms with Crippen LogP contribution in [-0.2, 0) is 13.6 Å². The van der Waals surface area contributed by atoms with Gasteiger partial charge in [0.15, 0.2) is 0 Å². The van der Waals surface area contributed by atoms with Crippen molar-refractivity contribution in [2.24, 2.45) is 7.05 Å². The van der Waals surface area contributed by atoms with Crippen molar-refractivity contribution in [3.63, 3.8) is 0 Å². The molecule has 0 saturated carbocycles. The molecule has 94 valence electrons. The molecule has 5 heteroatoms. The summed E-state index contributed by atoms with van der Waals surface area (Å²) >= 11 is 0. The summed E-state index contributed by atoms with van der Waals surface area (Å²) in [7, 11) is 4.11. The zero-order valence-corrected chi connectivity index (χ0v) is 10.6. The molecule has 1 aromatic heterocycles. The lowest BCUT2D eigenvalue weighted by Gasteiger charge is -2.38. The van der Waals surface area contributed by atoms with Gasteiger partial charge in [-0.25, -0.2) is 0 Å². The van der Waals surface area contributed by atoms with E-state index in [0.29, 0.717) is 6.04 Å². The topological polar surface area (TPSA) is 46.0 Å². The van der Waals surface area contributed by atoms with E-state index in [2.05, 4.69) is 27.5 Å². The lowest BCUT2D eigenvalue weighted by Crippen LogP contribution is -2.48. The van der Waals surface area contributed by atoms with E-state index < -0.39 is 0 Å². The molecular formula is C12H21N5. The SMILES string of the molecule is CNC1CC2CCC(C1)N2Cc1nncn1C. The van der Waals surface area contributed by atoms with Crippen LogP contribution in [0.5, 0.6) is 0 Å². The Balaban J connectivity index is 1.71. The molecule has 0 aliphatic carbocycles. The predicted molar refractivity (Wildman–Crippen MR) is 65.4 cm³/mol. The van der Waals surface area contributed by atoms with E-state index in [4.69, 9.17) is 0 Å². The number of rotatable bonds is 3. The average molecular weight is 235 g/mol. The molecule has 0 amide bonds. The summed E-state index contributed by atoms with van der Waals surface area (Å²) in [6.45, 7) is 0.961. The van der Waals surface area contributed by atoms with Crippen LogP contribution in [0.4, 0.5) is 0 Å². The first-order valence-electron chi connectivity index (χ1n) is 6.54. The van der Waals surface area contributed by atoms with E-state index in [9.17, 15) is 0 Å². The van der Waals surface area contributed by atoms with Crippen LogP contribution >= 0.6 is 0 Å². The molecule has 17 heavy (non-hydrogen) atoms. The van der Waals surface area contributed by atoms with E-state index in [1.807, 2.05) is 11.6 Å². The van der Waals surface area contributed by atoms with Gasteiger partial charge >= 0.3 is 0 Å². The van der Waals surface area contributed by atoms with Gasteiger partial charge in [-0.05, 0) is 32.7 Å². The molecule has 1 aromatic rings. The zero-order chi connectivity index (χ0) is 11.8. The molecular weight excluding hydrogens is 214 g/mol. The lowest BCUT2D eigenvalue weighted by atomic mass is 9.97. The average Bonchev–Trinajstić information content (AvgIpc) is 2.82. The minimum Gasteiger partial charge on any atom is -0.320 e. The Kier molecular flexibility index (Phi) is 2.88. The van der Waals surface area contributed by atoms with Crippen molar-refractivity contribution in [2.45, 2.75) is 50.4 Å². The first kappa shape index (κ1) is 11.2. The molecule has 2 fully saturated rings. The Morgan fingerprint density at radius 3 is 2.59 bits per heavy atom. The second-order valence-corrected chi connectivity index (χ2v) is 5.37. The van der Waals surface area contributed by atoms with Gasteiger partial charge in [-0.15, -0.1) is 10.2 Å². The van der Waals surface area contributed by atoms with E-state index in [1.54, 1.807) is 6.33 Å². The predicted octanol–water partition coefficient (Wildman–Crippen LogP) is 0.530. The number of aryl methyl sites for hydroxylation is 1. The van der Waals surface area contributed by atoms with Gasteiger partial charge in [0.2, 0.25) is 0 Å². The van der Waals surface area contributed by atoms with Gasteiger partial charge in [0.25, 0.3) is 0 Å². The number of hydrogen-bond donors (Lipinski definition) is 1. The van der Waals surface area contributed by atoms with Crippen LogP contribution in [0.1, 0.15) is 31.5 Å². The van der Waals surface area contributed by atoms with Crippen LogP contribution in [0.2, 0.25) is 0 Å². The van der Waals surface area contributed by atoms with Crippen LogP contribution in [0.3, 0.4) is 0 Å². The summed E-state index contributed by atoms with van der Waals surface area (Å²) < 4.78 is 2.03. The van der Waals surface area contributed by atoms with Gasteiger partial charge in [-0.3, -0.25) is 4.90 Å². The number of nitrogens with zero attached hydrogens (tertiary/aromatic N) is 4. The van der Waals surface area contributed by atoms with Gasteiger partial charge in [0, 0.05) is 25.2 Å². The van der Waals surface area contributed by atoms with Crippen LogP contribution in [-0.4, -0.2) is 44.8 Å². The van der Waals surface area contributed by atoms with Crippen LogP contribution in [0.25, 0.3) is 0 Å². The molecule has 2 aliphatic heterocycles. The molecule has 5 nitrogen and oxygen atoms in total. The first-order chi connectivity index (χ1) is 8.28. The molecule has 2 unspecified atom stereocenters. The second kappa shape index (κ2) is 4.38. The molecule has 3 heterocycles. The second-order valence-electron chi connectivity index (χ2n) is 5.37. The van der Waals surface area contributed by atoms with Gasteiger partial charge < -0.3 is 9.88 Å². The summed E-state index contributed by atoms with van der Waals surface area (Å²) in [5.74, 6) is 1.09. The van der Waals surface area contributed by atoms with Crippen LogP contribution in [0, 0.1) is 0 Å². The Hall–Kier alpha value is -0.940. The molecule has 0 aromatic carbocycles. The van der Waals surface area contributed by atoms with E-state index in [1.165, 1.54) is 25.7 Å². The maximum Gasteiger partial charge on any atom is 0.146 e. The molecule has 0 radical (unpaired) electrons. The molecule has 2 bridgehead atoms. The number of fused-ring (bicyclic) bond motifs is 2. The van der Waals surface area contributed by atoms with E-state index in [-0.39, 0.29) is 0 Å². The highest BCUT2D eigenvalue weighted by atomic mass is 15.3. The minimum absolute atomic E-state index is 0.711. The maximum atomic E-state index is 4.20. The summed E-state index contributed by atoms with van der Waals surface area (Å²) in [6, 6.07) is 2.19. The fraction of sp³-hybridized carbons (Fsp3) is 0.833. The van der Waals surface area contributed by atoms with E-state index in [0.717, 1.165) is 24.5 Å². The largest absolute Gasteiger partial charge is 0.320 e. The van der Waals surface area contributed by atoms with Crippen molar-refractivity contribution >= 4 is 0 Å². The van der Waals surface area contributed by atoms with Gasteiger partial charge in [0.1, 0.15) is 12.2 Å². The first-order valence-corrected chi connectivity index (χ1v) is 6.54. The Morgan fingerprint density at radius 2 is 2.06 bits per heavy atom. The Labute approximate surface area is 102 Å². The quantitative estimate of drug-likeness (QED) is 0.830. The molecule has 2 saturated heterocycles. The van der Waals surface area contributed by atoms with Crippen molar-refractivity contribution in [1.29, 1.82) is 0 Å². The number of nitrogens with one attached hydrogen (secondary N) is 1. The highest BCUT2D eigenvalue weighted by Gasteiger charge is 2.40. The highest BCUT2D eigenvalue weighted by molar-refractivity contribution is 4.99. The molecule has 2 aliphatic rings. The van der Waals surface area contributed by atoms with Gasteiger partial charge in [0.05, 0.1) is 6.54 Å². The summed E-state index contributed by atoms with van der Waals surface area (Å²) in [5.41, 5.74) is 0. The van der Waals surface area contributed by atoms with Crippen LogP contribution < -0.4 is 5.32 Å². The standard InChI is InChI=1S/C12H21N5/c1-13-9-5-10-3-4-11(6-9)17(10)7-12-15-14-8-16(12)2/h8-11,13H,3-7H2,1-2H3. The number of hydrogen-bond acceptors (Lipinski definition) is 4. The third-order valence-corrected chi connectivity index (χ3v) is 4.42. The van der Waals surface area contributed by atoms with Crippen molar-refractivity contribution in [3.05, 3.63) is 12.2 Å². The summed E-state index contributed by atoms with van der Waals surface area (Å²) in [6.07, 6.45) is 7.05. The van der Waals surface area contributed by atoms with Crippen molar-refractivity contribution < 1.29 is 0 Å². The normalized spacial score (nSPS) is 33.2. The maximum absolute atomic E-state index is 4.20. The molecule has 2 atom stereocenters. The third kappa shape index (κ3) is 1.98. The van der Waals surface area contributed by atoms with E-state index >= 15 is 0 Å². The lowest BCUT2D eigenvalue weighted by molar-refractivity contribution is 0.107. The van der Waals surface area contributed by atoms with Gasteiger partial charge in [-0.2, -0.15) is 0 Å². The van der Waals surface area contributed by atoms with Crippen molar-refractivity contribution in [2.75, 3.05) is 7.05 Å². The number of aromatic nitrogens is 3. The van der Waals surface area contributed by atoms with Crippen molar-refractivity contribution in [3.8, 4) is 0 Å². The molecule has 3 rings (SSSR count). The van der Waals surface area contributed by atoms with Gasteiger partial charge in [-0.1, -0.05) is 0 Å². The summed E-state index contributed by atoms with van der Waals surface area (Å²) in [4.78, 5) is 2.64.